The number of aliphatic hydroxyl groups excluding tert-OH is 3. The second kappa shape index (κ2) is 7.89. The number of fused-ring (bicyclic) bond motifs is 1. The monoisotopic (exact) mass is 507 g/mol. The van der Waals surface area contributed by atoms with E-state index in [2.05, 4.69) is 20.2 Å². The lowest BCUT2D eigenvalue weighted by Gasteiger charge is -2.39. The van der Waals surface area contributed by atoms with Gasteiger partial charge >= 0.3 is 13.4 Å². The van der Waals surface area contributed by atoms with Crippen LogP contribution in [0, 0.1) is 0 Å². The second-order valence-corrected chi connectivity index (χ2v) is 9.25. The predicted octanol–water partition coefficient (Wildman–Crippen LogP) is 0.416. The Morgan fingerprint density at radius 1 is 1.09 bits per heavy atom. The lowest BCUT2D eigenvalue weighted by Crippen LogP contribution is -2.46. The molecule has 184 valence electrons. The van der Waals surface area contributed by atoms with Crippen molar-refractivity contribution in [2.24, 2.45) is 10.2 Å². The fraction of sp³-hybridized carbons (Fsp3) is 0.389. The average molecular weight is 507 g/mol. The van der Waals surface area contributed by atoms with E-state index in [1.807, 2.05) is 19.1 Å². The van der Waals surface area contributed by atoms with Gasteiger partial charge in [-0.05, 0) is 24.1 Å². The van der Waals surface area contributed by atoms with Crippen molar-refractivity contribution < 1.29 is 38.5 Å². The summed E-state index contributed by atoms with van der Waals surface area (Å²) in [6, 6.07) is 7.23. The number of ether oxygens (including phenoxy) is 1. The Labute approximate surface area is 195 Å². The maximum atomic E-state index is 12.8. The van der Waals surface area contributed by atoms with Gasteiger partial charge in [0.25, 0.3) is 11.9 Å². The van der Waals surface area contributed by atoms with E-state index in [0.29, 0.717) is 10.9 Å². The molecule has 4 aliphatic rings. The summed E-state index contributed by atoms with van der Waals surface area (Å²) in [5.41, 5.74) is 0.281. The molecule has 0 aliphatic carbocycles. The number of hydrogen-bond donors (Lipinski definition) is 3. The number of benzene rings is 1. The molecule has 0 amide bonds. The summed E-state index contributed by atoms with van der Waals surface area (Å²) >= 11 is 0. The van der Waals surface area contributed by atoms with E-state index in [1.165, 1.54) is 0 Å². The summed E-state index contributed by atoms with van der Waals surface area (Å²) in [7, 11) is -3.99. The van der Waals surface area contributed by atoms with Crippen LogP contribution in [-0.2, 0) is 25.0 Å². The molecule has 3 N–H and O–H groups in total. The third-order valence-corrected chi connectivity index (χ3v) is 6.77. The number of rotatable bonds is 5. The first-order valence-corrected chi connectivity index (χ1v) is 12.0. The van der Waals surface area contributed by atoms with Crippen molar-refractivity contribution in [1.82, 2.24) is 19.3 Å². The predicted molar refractivity (Wildman–Crippen MR) is 114 cm³/mol. The molecule has 16 nitrogen and oxygen atoms in total. The van der Waals surface area contributed by atoms with Crippen molar-refractivity contribution in [2.45, 2.75) is 37.9 Å². The Morgan fingerprint density at radius 2 is 1.83 bits per heavy atom. The first-order chi connectivity index (χ1) is 16.8. The minimum absolute atomic E-state index is 0.165. The van der Waals surface area contributed by atoms with Gasteiger partial charge in [0, 0.05) is 0 Å². The SMILES string of the molecule is CCc1ccc(N=Nc2nc3c(=O)nc4n(c3n2C2OC(CO)C(O)C2O)OP2(=O)ON4O2)cc1. The maximum absolute atomic E-state index is 12.8. The van der Waals surface area contributed by atoms with Crippen LogP contribution in [0.2, 0.25) is 0 Å². The molecule has 6 heterocycles. The first-order valence-electron chi connectivity index (χ1n) is 10.5. The molecular formula is C18H18N7O9P. The largest absolute Gasteiger partial charge is 0.597 e. The molecule has 2 fully saturated rings. The summed E-state index contributed by atoms with van der Waals surface area (Å²) < 4.78 is 35.0. The van der Waals surface area contributed by atoms with Crippen molar-refractivity contribution in [3.8, 4) is 0 Å². The number of aromatic nitrogens is 4. The Kier molecular flexibility index (Phi) is 5.01. The summed E-state index contributed by atoms with van der Waals surface area (Å²) in [4.78, 5) is 20.7. The fourth-order valence-electron chi connectivity index (χ4n) is 3.91. The molecule has 4 atom stereocenters. The maximum Gasteiger partial charge on any atom is 0.597 e. The van der Waals surface area contributed by atoms with Crippen LogP contribution in [0.5, 0.6) is 0 Å². The zero-order valence-electron chi connectivity index (χ0n) is 17.9. The van der Waals surface area contributed by atoms with Gasteiger partial charge in [0.1, 0.15) is 18.3 Å². The Morgan fingerprint density at radius 3 is 2.49 bits per heavy atom. The van der Waals surface area contributed by atoms with Gasteiger partial charge in [0.05, 0.1) is 12.3 Å². The third kappa shape index (κ3) is 3.38. The normalized spacial score (nSPS) is 26.7. The molecule has 2 saturated heterocycles. The number of nitrogens with zero attached hydrogens (tertiary/aromatic N) is 7. The molecule has 17 heteroatoms. The number of aryl methyl sites for hydroxylation is 1. The van der Waals surface area contributed by atoms with Gasteiger partial charge in [0.15, 0.2) is 17.4 Å². The quantitative estimate of drug-likeness (QED) is 0.318. The van der Waals surface area contributed by atoms with Gasteiger partial charge in [-0.2, -0.15) is 4.98 Å². The highest BCUT2D eigenvalue weighted by molar-refractivity contribution is 7.50. The summed E-state index contributed by atoms with van der Waals surface area (Å²) in [6.45, 7) is 1.42. The van der Waals surface area contributed by atoms with Crippen molar-refractivity contribution in [3.05, 3.63) is 40.2 Å². The van der Waals surface area contributed by atoms with Crippen molar-refractivity contribution in [1.29, 1.82) is 0 Å². The van der Waals surface area contributed by atoms with E-state index >= 15 is 0 Å². The summed E-state index contributed by atoms with van der Waals surface area (Å²) in [5.74, 6) is -0.529. The minimum Gasteiger partial charge on any atom is -0.394 e. The molecule has 0 spiro atoms. The Bertz CT molecular complexity index is 1450. The summed E-state index contributed by atoms with van der Waals surface area (Å²) in [5, 5.41) is 39.4. The fourth-order valence-corrected chi connectivity index (χ4v) is 4.85. The second-order valence-electron chi connectivity index (χ2n) is 7.86. The van der Waals surface area contributed by atoms with Gasteiger partial charge in [-0.3, -0.25) is 9.36 Å². The zero-order chi connectivity index (χ0) is 24.5. The van der Waals surface area contributed by atoms with Gasteiger partial charge in [0.2, 0.25) is 0 Å². The first kappa shape index (κ1) is 22.2. The molecule has 0 radical (unpaired) electrons. The van der Waals surface area contributed by atoms with E-state index in [4.69, 9.17) is 18.6 Å². The van der Waals surface area contributed by atoms with Crippen molar-refractivity contribution in [3.63, 3.8) is 0 Å². The van der Waals surface area contributed by atoms with E-state index in [0.717, 1.165) is 21.3 Å². The van der Waals surface area contributed by atoms with Gasteiger partial charge in [-0.25, -0.2) is 9.55 Å². The van der Waals surface area contributed by atoms with Crippen molar-refractivity contribution in [2.75, 3.05) is 11.8 Å². The molecular weight excluding hydrogens is 489 g/mol. The Balaban J connectivity index is 1.54. The molecule has 1 aromatic carbocycles. The molecule has 4 unspecified atom stereocenters. The zero-order valence-corrected chi connectivity index (χ0v) is 18.8. The van der Waals surface area contributed by atoms with Crippen LogP contribution in [0.4, 0.5) is 17.6 Å². The average Bonchev–Trinajstić information content (AvgIpc) is 3.36. The van der Waals surface area contributed by atoms with E-state index < -0.39 is 44.5 Å². The molecule has 2 bridgehead atoms. The van der Waals surface area contributed by atoms with Crippen LogP contribution < -0.4 is 15.4 Å². The minimum atomic E-state index is -3.99. The highest BCUT2D eigenvalue weighted by Gasteiger charge is 2.56. The highest BCUT2D eigenvalue weighted by atomic mass is 31.2. The highest BCUT2D eigenvalue weighted by Crippen LogP contribution is 2.61. The molecule has 2 aromatic heterocycles. The van der Waals surface area contributed by atoms with Gasteiger partial charge in [-0.15, -0.1) is 24.2 Å². The molecule has 35 heavy (non-hydrogen) atoms. The number of aliphatic hydroxyl groups is 3. The Hall–Kier alpha value is -3.24. The molecule has 4 aliphatic heterocycles. The number of imidazole rings is 1. The van der Waals surface area contributed by atoms with E-state index in [-0.39, 0.29) is 23.1 Å². The lowest BCUT2D eigenvalue weighted by molar-refractivity contribution is -0.108. The van der Waals surface area contributed by atoms with Gasteiger partial charge < -0.3 is 24.7 Å². The van der Waals surface area contributed by atoms with Gasteiger partial charge in [-0.1, -0.05) is 24.3 Å². The number of anilines is 1. The van der Waals surface area contributed by atoms with E-state index in [1.54, 1.807) is 12.1 Å². The number of hydrogen-bond acceptors (Lipinski definition) is 14. The van der Waals surface area contributed by atoms with Crippen LogP contribution in [0.15, 0.2) is 39.3 Å². The molecule has 0 saturated carbocycles. The molecule has 3 aromatic rings. The molecule has 7 rings (SSSR count). The van der Waals surface area contributed by atoms with E-state index in [9.17, 15) is 24.7 Å². The van der Waals surface area contributed by atoms with Crippen LogP contribution in [0.3, 0.4) is 0 Å². The lowest BCUT2D eigenvalue weighted by atomic mass is 10.1. The number of phosphoric acid groups is 1. The standard InChI is InChI=1S/C18H18N7O9P/c1-2-8-3-5-9(6-4-8)21-22-17-19-11-14(29)20-18-24(32-35(30)33-25(18)34-35)15(11)23(17)16-13(28)12(27)10(7-26)31-16/h3-6,10,12-13,16,26-28H,2,7H2,1H3. The topological polar surface area (TPSA) is 195 Å². The van der Waals surface area contributed by atoms with Crippen LogP contribution >= 0.6 is 7.82 Å². The van der Waals surface area contributed by atoms with Crippen LogP contribution in [0.25, 0.3) is 11.2 Å². The van der Waals surface area contributed by atoms with Crippen LogP contribution in [-0.4, -0.2) is 59.5 Å². The summed E-state index contributed by atoms with van der Waals surface area (Å²) in [6.07, 6.45) is -4.72. The number of azo groups is 1. The third-order valence-electron chi connectivity index (χ3n) is 5.71. The smallest absolute Gasteiger partial charge is 0.394 e. The van der Waals surface area contributed by atoms with Crippen molar-refractivity contribution >= 4 is 36.6 Å². The van der Waals surface area contributed by atoms with Crippen LogP contribution in [0.1, 0.15) is 18.7 Å².